The van der Waals surface area contributed by atoms with E-state index in [1.165, 1.54) is 5.56 Å². The van der Waals surface area contributed by atoms with Crippen LogP contribution in [0.1, 0.15) is 34.8 Å². The van der Waals surface area contributed by atoms with Gasteiger partial charge >= 0.3 is 0 Å². The molecule has 158 valence electrons. The Kier molecular flexibility index (Phi) is 6.33. The van der Waals surface area contributed by atoms with Gasteiger partial charge in [0.25, 0.3) is 5.91 Å². The van der Waals surface area contributed by atoms with Crippen LogP contribution in [0.25, 0.3) is 0 Å². The fourth-order valence-electron chi connectivity index (χ4n) is 4.24. The van der Waals surface area contributed by atoms with E-state index in [9.17, 15) is 9.59 Å². The van der Waals surface area contributed by atoms with Crippen molar-refractivity contribution in [3.8, 4) is 5.75 Å². The van der Waals surface area contributed by atoms with Crippen LogP contribution in [0.3, 0.4) is 0 Å². The molecule has 2 fully saturated rings. The number of hydrogen-bond acceptors (Lipinski definition) is 4. The molecule has 4 rings (SSSR count). The van der Waals surface area contributed by atoms with E-state index in [0.717, 1.165) is 19.5 Å². The first-order valence-electron chi connectivity index (χ1n) is 10.7. The highest BCUT2D eigenvalue weighted by Gasteiger charge is 2.30. The molecule has 30 heavy (non-hydrogen) atoms. The van der Waals surface area contributed by atoms with Crippen LogP contribution in [-0.2, 0) is 4.79 Å². The minimum absolute atomic E-state index is 0.00289. The van der Waals surface area contributed by atoms with Crippen LogP contribution in [0.4, 0.5) is 0 Å². The molecule has 1 unspecified atom stereocenters. The first-order valence-corrected chi connectivity index (χ1v) is 10.7. The summed E-state index contributed by atoms with van der Waals surface area (Å²) in [5, 5.41) is 0. The number of amides is 2. The summed E-state index contributed by atoms with van der Waals surface area (Å²) >= 11 is 0. The summed E-state index contributed by atoms with van der Waals surface area (Å²) in [6.07, 6.45) is 1.54. The predicted octanol–water partition coefficient (Wildman–Crippen LogP) is 2.82. The summed E-state index contributed by atoms with van der Waals surface area (Å²) in [6.45, 7) is 3.92. The largest absolute Gasteiger partial charge is 0.491 e. The van der Waals surface area contributed by atoms with Crippen molar-refractivity contribution in [1.29, 1.82) is 0 Å². The quantitative estimate of drug-likeness (QED) is 0.739. The lowest BCUT2D eigenvalue weighted by molar-refractivity contribution is -0.128. The van der Waals surface area contributed by atoms with Crippen molar-refractivity contribution in [2.24, 2.45) is 0 Å². The number of piperazine rings is 1. The van der Waals surface area contributed by atoms with E-state index in [2.05, 4.69) is 24.1 Å². The van der Waals surface area contributed by atoms with Gasteiger partial charge in [-0.25, -0.2) is 0 Å². The highest BCUT2D eigenvalue weighted by Crippen LogP contribution is 2.27. The monoisotopic (exact) mass is 407 g/mol. The maximum atomic E-state index is 13.3. The molecule has 2 aliphatic rings. The van der Waals surface area contributed by atoms with Crippen molar-refractivity contribution in [3.63, 3.8) is 0 Å². The lowest BCUT2D eigenvalue weighted by Crippen LogP contribution is -2.49. The van der Waals surface area contributed by atoms with Gasteiger partial charge in [0.05, 0.1) is 18.2 Å². The molecule has 1 atom stereocenters. The van der Waals surface area contributed by atoms with Gasteiger partial charge in [0.2, 0.25) is 5.91 Å². The molecule has 2 heterocycles. The van der Waals surface area contributed by atoms with Crippen LogP contribution >= 0.6 is 0 Å². The second kappa shape index (κ2) is 9.30. The first-order chi connectivity index (χ1) is 14.6. The summed E-state index contributed by atoms with van der Waals surface area (Å²) in [7, 11) is 2.11. The SMILES string of the molecule is CN1CCN(C(=O)c2ccccc2OCCN2CCCC2=O)CC1c1ccccc1. The minimum Gasteiger partial charge on any atom is -0.491 e. The van der Waals surface area contributed by atoms with E-state index < -0.39 is 0 Å². The minimum atomic E-state index is -0.00289. The Morgan fingerprint density at radius 3 is 2.57 bits per heavy atom. The number of ether oxygens (including phenoxy) is 1. The molecule has 0 aromatic heterocycles. The van der Waals surface area contributed by atoms with E-state index in [-0.39, 0.29) is 17.9 Å². The Balaban J connectivity index is 1.43. The third-order valence-corrected chi connectivity index (χ3v) is 6.03. The van der Waals surface area contributed by atoms with Gasteiger partial charge < -0.3 is 14.5 Å². The number of benzene rings is 2. The predicted molar refractivity (Wildman–Crippen MR) is 115 cm³/mol. The third-order valence-electron chi connectivity index (χ3n) is 6.03. The van der Waals surface area contributed by atoms with Crippen molar-refractivity contribution in [2.45, 2.75) is 18.9 Å². The number of para-hydroxylation sites is 1. The van der Waals surface area contributed by atoms with Crippen LogP contribution < -0.4 is 4.74 Å². The summed E-state index contributed by atoms with van der Waals surface area (Å²) in [6, 6.07) is 17.9. The Bertz CT molecular complexity index is 886. The average Bonchev–Trinajstić information content (AvgIpc) is 3.19. The molecule has 2 amide bonds. The fraction of sp³-hybridized carbons (Fsp3) is 0.417. The normalized spacial score (nSPS) is 19.9. The van der Waals surface area contributed by atoms with Crippen molar-refractivity contribution in [2.75, 3.05) is 46.4 Å². The van der Waals surface area contributed by atoms with Gasteiger partial charge in [-0.3, -0.25) is 14.5 Å². The number of likely N-dealkylation sites (tertiary alicyclic amines) is 1. The Morgan fingerprint density at radius 1 is 1.03 bits per heavy atom. The lowest BCUT2D eigenvalue weighted by atomic mass is 10.0. The van der Waals surface area contributed by atoms with E-state index in [4.69, 9.17) is 4.74 Å². The second-order valence-electron chi connectivity index (χ2n) is 7.99. The van der Waals surface area contributed by atoms with Gasteiger partial charge in [-0.2, -0.15) is 0 Å². The summed E-state index contributed by atoms with van der Waals surface area (Å²) in [5.41, 5.74) is 1.80. The van der Waals surface area contributed by atoms with Gasteiger partial charge in [0.15, 0.2) is 0 Å². The topological polar surface area (TPSA) is 53.1 Å². The van der Waals surface area contributed by atoms with Gasteiger partial charge in [-0.05, 0) is 31.2 Å². The molecule has 0 aliphatic carbocycles. The molecule has 6 nitrogen and oxygen atoms in total. The Morgan fingerprint density at radius 2 is 1.80 bits per heavy atom. The van der Waals surface area contributed by atoms with E-state index >= 15 is 0 Å². The van der Waals surface area contributed by atoms with Gasteiger partial charge in [-0.15, -0.1) is 0 Å². The summed E-state index contributed by atoms with van der Waals surface area (Å²) < 4.78 is 5.94. The molecule has 2 saturated heterocycles. The number of likely N-dealkylation sites (N-methyl/N-ethyl adjacent to an activating group) is 1. The smallest absolute Gasteiger partial charge is 0.257 e. The molecule has 2 aromatic rings. The lowest BCUT2D eigenvalue weighted by Gasteiger charge is -2.40. The average molecular weight is 408 g/mol. The van der Waals surface area contributed by atoms with Gasteiger partial charge in [-0.1, -0.05) is 42.5 Å². The number of rotatable bonds is 6. The second-order valence-corrected chi connectivity index (χ2v) is 7.99. The maximum Gasteiger partial charge on any atom is 0.257 e. The maximum absolute atomic E-state index is 13.3. The Hall–Kier alpha value is -2.86. The van der Waals surface area contributed by atoms with Crippen LogP contribution in [-0.4, -0.2) is 72.9 Å². The number of carbonyl (C=O) groups excluding carboxylic acids is 2. The van der Waals surface area contributed by atoms with Gasteiger partial charge in [0, 0.05) is 32.6 Å². The summed E-state index contributed by atoms with van der Waals surface area (Å²) in [4.78, 5) is 31.2. The molecule has 0 radical (unpaired) electrons. The molecule has 6 heteroatoms. The zero-order valence-corrected chi connectivity index (χ0v) is 17.5. The number of nitrogens with zero attached hydrogens (tertiary/aromatic N) is 3. The van der Waals surface area contributed by atoms with Crippen LogP contribution in [0.5, 0.6) is 5.75 Å². The summed E-state index contributed by atoms with van der Waals surface area (Å²) in [5.74, 6) is 0.772. The standard InChI is InChI=1S/C24H29N3O3/c1-25-14-15-27(18-21(25)19-8-3-2-4-9-19)24(29)20-10-5-6-11-22(20)30-17-16-26-13-7-12-23(26)28/h2-6,8-11,21H,7,12-18H2,1H3. The molecule has 2 aromatic carbocycles. The fourth-order valence-corrected chi connectivity index (χ4v) is 4.24. The first kappa shape index (κ1) is 20.4. The molecule has 2 aliphatic heterocycles. The molecule has 0 N–H and O–H groups in total. The van der Waals surface area contributed by atoms with Crippen LogP contribution in [0.15, 0.2) is 54.6 Å². The van der Waals surface area contributed by atoms with Crippen molar-refractivity contribution >= 4 is 11.8 Å². The molecular weight excluding hydrogens is 378 g/mol. The van der Waals surface area contributed by atoms with E-state index in [1.54, 1.807) is 0 Å². The van der Waals surface area contributed by atoms with Crippen molar-refractivity contribution in [1.82, 2.24) is 14.7 Å². The Labute approximate surface area is 178 Å². The molecule has 0 saturated carbocycles. The number of carbonyl (C=O) groups is 2. The van der Waals surface area contributed by atoms with Gasteiger partial charge in [0.1, 0.15) is 12.4 Å². The zero-order chi connectivity index (χ0) is 20.9. The third kappa shape index (κ3) is 4.49. The van der Waals surface area contributed by atoms with E-state index in [1.807, 2.05) is 52.3 Å². The van der Waals surface area contributed by atoms with Crippen molar-refractivity contribution < 1.29 is 14.3 Å². The molecular formula is C24H29N3O3. The van der Waals surface area contributed by atoms with Crippen molar-refractivity contribution in [3.05, 3.63) is 65.7 Å². The van der Waals surface area contributed by atoms with Crippen LogP contribution in [0.2, 0.25) is 0 Å². The number of hydrogen-bond donors (Lipinski definition) is 0. The zero-order valence-electron chi connectivity index (χ0n) is 17.5. The van der Waals surface area contributed by atoms with Crippen LogP contribution in [0, 0.1) is 0 Å². The molecule has 0 bridgehead atoms. The highest BCUT2D eigenvalue weighted by atomic mass is 16.5. The van der Waals surface area contributed by atoms with E-state index in [0.29, 0.717) is 44.0 Å². The highest BCUT2D eigenvalue weighted by molar-refractivity contribution is 5.97. The molecule has 0 spiro atoms.